The second kappa shape index (κ2) is 7.75. The molecule has 140 valence electrons. The molecule has 8 nitrogen and oxygen atoms in total. The van der Waals surface area contributed by atoms with Gasteiger partial charge in [-0.3, -0.25) is 5.43 Å². The number of nitrogens with zero attached hydrogens (tertiary/aromatic N) is 5. The summed E-state index contributed by atoms with van der Waals surface area (Å²) in [6.07, 6.45) is 4.82. The third-order valence-electron chi connectivity index (χ3n) is 4.20. The number of phenolic OH excluding ortho intramolecular Hbond substituents is 1. The predicted octanol–water partition coefficient (Wildman–Crippen LogP) is 3.03. The standard InChI is InChI=1S/C20H18N6O2/c1-28-18-9-15(7-8-17(18)27)10-23-25-19-16-11-24-26(20(16)22-13-21-19)12-14-5-3-2-4-6-14/h2-11,13,27H,12H2,1H3,(H,21,22,25). The van der Waals surface area contributed by atoms with Crippen LogP contribution in [0.1, 0.15) is 11.1 Å². The molecule has 2 heterocycles. The van der Waals surface area contributed by atoms with Gasteiger partial charge in [-0.15, -0.1) is 0 Å². The largest absolute Gasteiger partial charge is 0.504 e. The lowest BCUT2D eigenvalue weighted by Gasteiger charge is -2.05. The average molecular weight is 374 g/mol. The Hall–Kier alpha value is -3.94. The Bertz CT molecular complexity index is 1120. The predicted molar refractivity (Wildman–Crippen MR) is 107 cm³/mol. The molecule has 0 aliphatic heterocycles. The molecule has 0 fully saturated rings. The van der Waals surface area contributed by atoms with Crippen LogP contribution in [0, 0.1) is 0 Å². The van der Waals surface area contributed by atoms with Crippen LogP contribution in [0.3, 0.4) is 0 Å². The Morgan fingerprint density at radius 3 is 2.86 bits per heavy atom. The maximum absolute atomic E-state index is 9.65. The molecule has 0 spiro atoms. The van der Waals surface area contributed by atoms with Crippen molar-refractivity contribution >= 4 is 23.1 Å². The molecule has 0 unspecified atom stereocenters. The van der Waals surface area contributed by atoms with E-state index in [1.165, 1.54) is 13.4 Å². The van der Waals surface area contributed by atoms with E-state index in [0.29, 0.717) is 18.1 Å². The molecule has 2 aromatic carbocycles. The highest BCUT2D eigenvalue weighted by Gasteiger charge is 2.09. The van der Waals surface area contributed by atoms with Gasteiger partial charge in [0.15, 0.2) is 23.0 Å². The van der Waals surface area contributed by atoms with Crippen molar-refractivity contribution in [2.45, 2.75) is 6.54 Å². The van der Waals surface area contributed by atoms with Crippen LogP contribution in [-0.2, 0) is 6.54 Å². The molecule has 2 aromatic heterocycles. The van der Waals surface area contributed by atoms with Gasteiger partial charge >= 0.3 is 0 Å². The summed E-state index contributed by atoms with van der Waals surface area (Å²) in [5.41, 5.74) is 5.56. The summed E-state index contributed by atoms with van der Waals surface area (Å²) in [6, 6.07) is 15.0. The van der Waals surface area contributed by atoms with E-state index in [2.05, 4.69) is 25.6 Å². The fraction of sp³-hybridized carbons (Fsp3) is 0.100. The molecule has 0 atom stereocenters. The van der Waals surface area contributed by atoms with Gasteiger partial charge in [0.2, 0.25) is 0 Å². The second-order valence-electron chi connectivity index (χ2n) is 6.05. The van der Waals surface area contributed by atoms with Crippen molar-refractivity contribution in [3.63, 3.8) is 0 Å². The number of aromatic hydroxyl groups is 1. The molecule has 2 N–H and O–H groups in total. The van der Waals surface area contributed by atoms with Crippen LogP contribution >= 0.6 is 0 Å². The van der Waals surface area contributed by atoms with Crippen molar-refractivity contribution in [3.8, 4) is 11.5 Å². The van der Waals surface area contributed by atoms with Gasteiger partial charge in [-0.05, 0) is 29.3 Å². The molecule has 4 rings (SSSR count). The van der Waals surface area contributed by atoms with Crippen molar-refractivity contribution < 1.29 is 9.84 Å². The van der Waals surface area contributed by atoms with Crippen molar-refractivity contribution in [3.05, 3.63) is 72.2 Å². The number of phenols is 1. The highest BCUT2D eigenvalue weighted by Crippen LogP contribution is 2.25. The number of aromatic nitrogens is 4. The van der Waals surface area contributed by atoms with Crippen LogP contribution < -0.4 is 10.2 Å². The van der Waals surface area contributed by atoms with Gasteiger partial charge in [0.05, 0.1) is 31.5 Å². The van der Waals surface area contributed by atoms with E-state index in [4.69, 9.17) is 4.74 Å². The van der Waals surface area contributed by atoms with Gasteiger partial charge in [-0.2, -0.15) is 10.2 Å². The highest BCUT2D eigenvalue weighted by atomic mass is 16.5. The SMILES string of the molecule is COc1cc(C=NNc2ncnc3c2cnn3Cc2ccccc2)ccc1O. The number of fused-ring (bicyclic) bond motifs is 1. The van der Waals surface area contributed by atoms with Crippen LogP contribution in [0.4, 0.5) is 5.82 Å². The minimum Gasteiger partial charge on any atom is -0.504 e. The molecule has 0 amide bonds. The number of hydrazone groups is 1. The van der Waals surface area contributed by atoms with Gasteiger partial charge in [-0.25, -0.2) is 14.6 Å². The highest BCUT2D eigenvalue weighted by molar-refractivity contribution is 5.87. The molecular weight excluding hydrogens is 356 g/mol. The summed E-state index contributed by atoms with van der Waals surface area (Å²) in [6.45, 7) is 0.622. The molecule has 0 saturated heterocycles. The Kier molecular flexibility index (Phi) is 4.83. The van der Waals surface area contributed by atoms with E-state index in [9.17, 15) is 5.11 Å². The normalized spacial score (nSPS) is 11.2. The lowest BCUT2D eigenvalue weighted by molar-refractivity contribution is 0.373. The van der Waals surface area contributed by atoms with E-state index in [1.807, 2.05) is 35.0 Å². The smallest absolute Gasteiger partial charge is 0.163 e. The summed E-state index contributed by atoms with van der Waals surface area (Å²) in [7, 11) is 1.50. The zero-order valence-corrected chi connectivity index (χ0v) is 15.1. The van der Waals surface area contributed by atoms with E-state index >= 15 is 0 Å². The second-order valence-corrected chi connectivity index (χ2v) is 6.05. The van der Waals surface area contributed by atoms with Gasteiger partial charge in [0.25, 0.3) is 0 Å². The number of hydrogen-bond acceptors (Lipinski definition) is 7. The maximum Gasteiger partial charge on any atom is 0.163 e. The van der Waals surface area contributed by atoms with Crippen LogP contribution in [-0.4, -0.2) is 38.2 Å². The van der Waals surface area contributed by atoms with Crippen molar-refractivity contribution in [1.82, 2.24) is 19.7 Å². The van der Waals surface area contributed by atoms with Crippen LogP contribution in [0.5, 0.6) is 11.5 Å². The Labute approximate surface area is 161 Å². The van der Waals surface area contributed by atoms with Gasteiger partial charge in [0, 0.05) is 0 Å². The summed E-state index contributed by atoms with van der Waals surface area (Å²) < 4.78 is 6.92. The van der Waals surface area contributed by atoms with Gasteiger partial charge < -0.3 is 9.84 Å². The summed E-state index contributed by atoms with van der Waals surface area (Å²) >= 11 is 0. The first kappa shape index (κ1) is 17.5. The minimum absolute atomic E-state index is 0.0796. The summed E-state index contributed by atoms with van der Waals surface area (Å²) in [4.78, 5) is 8.60. The number of ether oxygens (including phenoxy) is 1. The van der Waals surface area contributed by atoms with Gasteiger partial charge in [-0.1, -0.05) is 30.3 Å². The van der Waals surface area contributed by atoms with Crippen LogP contribution in [0.15, 0.2) is 66.2 Å². The van der Waals surface area contributed by atoms with Crippen LogP contribution in [0.2, 0.25) is 0 Å². The van der Waals surface area contributed by atoms with Crippen LogP contribution in [0.25, 0.3) is 11.0 Å². The molecule has 4 aromatic rings. The number of rotatable bonds is 6. The first-order valence-electron chi connectivity index (χ1n) is 8.61. The van der Waals surface area contributed by atoms with E-state index in [0.717, 1.165) is 22.2 Å². The summed E-state index contributed by atoms with van der Waals surface area (Å²) in [5.74, 6) is 1.03. The molecule has 0 bridgehead atoms. The molecule has 28 heavy (non-hydrogen) atoms. The maximum atomic E-state index is 9.65. The third kappa shape index (κ3) is 3.61. The monoisotopic (exact) mass is 374 g/mol. The Morgan fingerprint density at radius 2 is 2.04 bits per heavy atom. The average Bonchev–Trinajstić information content (AvgIpc) is 3.14. The fourth-order valence-corrected chi connectivity index (χ4v) is 2.80. The summed E-state index contributed by atoms with van der Waals surface area (Å²) in [5, 5.41) is 19.1. The zero-order chi connectivity index (χ0) is 19.3. The molecular formula is C20H18N6O2. The Morgan fingerprint density at radius 1 is 1.18 bits per heavy atom. The van der Waals surface area contributed by atoms with Crippen molar-refractivity contribution in [1.29, 1.82) is 0 Å². The lowest BCUT2D eigenvalue weighted by atomic mass is 10.2. The zero-order valence-electron chi connectivity index (χ0n) is 15.1. The van der Waals surface area contributed by atoms with E-state index in [-0.39, 0.29) is 5.75 Å². The van der Waals surface area contributed by atoms with Crippen molar-refractivity contribution in [2.75, 3.05) is 12.5 Å². The number of benzene rings is 2. The van der Waals surface area contributed by atoms with Gasteiger partial charge in [0.1, 0.15) is 6.33 Å². The number of anilines is 1. The molecule has 0 radical (unpaired) electrons. The number of hydrogen-bond donors (Lipinski definition) is 2. The fourth-order valence-electron chi connectivity index (χ4n) is 2.80. The molecule has 0 saturated carbocycles. The van der Waals surface area contributed by atoms with E-state index in [1.54, 1.807) is 30.6 Å². The Balaban J connectivity index is 1.55. The molecule has 0 aliphatic carbocycles. The quantitative estimate of drug-likeness (QED) is 0.398. The third-order valence-corrected chi connectivity index (χ3v) is 4.20. The molecule has 0 aliphatic rings. The molecule has 8 heteroatoms. The minimum atomic E-state index is 0.0796. The first-order chi connectivity index (χ1) is 13.7. The first-order valence-corrected chi connectivity index (χ1v) is 8.61. The topological polar surface area (TPSA) is 97.5 Å². The lowest BCUT2D eigenvalue weighted by Crippen LogP contribution is -2.03. The number of methoxy groups -OCH3 is 1. The van der Waals surface area contributed by atoms with E-state index < -0.39 is 0 Å². The number of nitrogens with one attached hydrogen (secondary N) is 1. The van der Waals surface area contributed by atoms with Crippen molar-refractivity contribution in [2.24, 2.45) is 5.10 Å².